The molecule has 8 nitrogen and oxygen atoms in total. The molecule has 152 valence electrons. The van der Waals surface area contributed by atoms with E-state index in [1.165, 1.54) is 35.6 Å². The highest BCUT2D eigenvalue weighted by Gasteiger charge is 2.23. The Labute approximate surface area is 169 Å². The quantitative estimate of drug-likeness (QED) is 0.637. The normalized spacial score (nSPS) is 11.8. The number of nitrogens with one attached hydrogen (secondary N) is 1. The fourth-order valence-corrected chi connectivity index (χ4v) is 3.91. The third kappa shape index (κ3) is 4.87. The zero-order valence-corrected chi connectivity index (χ0v) is 17.2. The van der Waals surface area contributed by atoms with Crippen molar-refractivity contribution in [3.05, 3.63) is 71.6 Å². The predicted octanol–water partition coefficient (Wildman–Crippen LogP) is 2.94. The molecule has 0 aliphatic rings. The van der Waals surface area contributed by atoms with Gasteiger partial charge in [-0.05, 0) is 43.7 Å². The average molecular weight is 414 g/mol. The van der Waals surface area contributed by atoms with Crippen LogP contribution in [0.15, 0.2) is 63.9 Å². The second-order valence-corrected chi connectivity index (χ2v) is 8.75. The molecule has 1 N–H and O–H groups in total. The number of nitrogens with zero attached hydrogens (tertiary/aromatic N) is 3. The van der Waals surface area contributed by atoms with Crippen LogP contribution in [0.3, 0.4) is 0 Å². The number of sulfonamides is 1. The summed E-state index contributed by atoms with van der Waals surface area (Å²) in [6.45, 7) is 3.58. The fourth-order valence-electron chi connectivity index (χ4n) is 2.54. The summed E-state index contributed by atoms with van der Waals surface area (Å²) in [6.07, 6.45) is 0.458. The topological polar surface area (TPSA) is 105 Å². The Morgan fingerprint density at radius 2 is 1.72 bits per heavy atom. The van der Waals surface area contributed by atoms with Gasteiger partial charge in [-0.15, -0.1) is 5.10 Å². The highest BCUT2D eigenvalue weighted by atomic mass is 32.2. The van der Waals surface area contributed by atoms with Gasteiger partial charge >= 0.3 is 6.01 Å². The van der Waals surface area contributed by atoms with Crippen LogP contribution < -0.4 is 5.32 Å². The summed E-state index contributed by atoms with van der Waals surface area (Å²) in [5, 5.41) is 10.3. The van der Waals surface area contributed by atoms with E-state index >= 15 is 0 Å². The lowest BCUT2D eigenvalue weighted by atomic mass is 10.2. The molecular formula is C20H22N4O4S. The standard InChI is InChI=1S/C20H22N4O4S/c1-14(2)24(3)29(26,27)17-11-9-16(10-12-17)19(25)21-20-23-22-18(28-20)13-15-7-5-4-6-8-15/h4-12,14H,13H2,1-3H3,(H,21,23,25). The summed E-state index contributed by atoms with van der Waals surface area (Å²) >= 11 is 0. The fraction of sp³-hybridized carbons (Fsp3) is 0.250. The van der Waals surface area contributed by atoms with Gasteiger partial charge in [0, 0.05) is 18.7 Å². The molecule has 0 aliphatic heterocycles. The van der Waals surface area contributed by atoms with Gasteiger partial charge in [0.1, 0.15) is 0 Å². The van der Waals surface area contributed by atoms with E-state index in [-0.39, 0.29) is 22.5 Å². The Bertz CT molecular complexity index is 1080. The molecule has 0 atom stereocenters. The molecule has 3 rings (SSSR count). The summed E-state index contributed by atoms with van der Waals surface area (Å²) in [7, 11) is -2.09. The first-order valence-electron chi connectivity index (χ1n) is 9.03. The van der Waals surface area contributed by atoms with Crippen molar-refractivity contribution in [2.75, 3.05) is 12.4 Å². The van der Waals surface area contributed by atoms with Crippen molar-refractivity contribution in [2.45, 2.75) is 31.2 Å². The molecular weight excluding hydrogens is 392 g/mol. The lowest BCUT2D eigenvalue weighted by Crippen LogP contribution is -2.33. The first-order chi connectivity index (χ1) is 13.8. The summed E-state index contributed by atoms with van der Waals surface area (Å²) in [4.78, 5) is 12.5. The number of amides is 1. The SMILES string of the molecule is CC(C)N(C)S(=O)(=O)c1ccc(C(=O)Nc2nnc(Cc3ccccc3)o2)cc1. The number of aromatic nitrogens is 2. The number of hydrogen-bond acceptors (Lipinski definition) is 6. The molecule has 0 saturated heterocycles. The smallest absolute Gasteiger partial charge is 0.322 e. The van der Waals surface area contributed by atoms with E-state index in [4.69, 9.17) is 4.42 Å². The maximum atomic E-state index is 12.5. The number of hydrogen-bond donors (Lipinski definition) is 1. The molecule has 9 heteroatoms. The first kappa shape index (κ1) is 20.7. The van der Waals surface area contributed by atoms with Crippen LogP contribution in [0.1, 0.15) is 35.7 Å². The molecule has 0 fully saturated rings. The van der Waals surface area contributed by atoms with E-state index in [0.717, 1.165) is 5.56 Å². The van der Waals surface area contributed by atoms with Gasteiger partial charge in [0.2, 0.25) is 15.9 Å². The number of benzene rings is 2. The van der Waals surface area contributed by atoms with Gasteiger partial charge in [-0.2, -0.15) is 4.31 Å². The minimum atomic E-state index is -3.61. The molecule has 1 heterocycles. The largest absolute Gasteiger partial charge is 0.407 e. The highest BCUT2D eigenvalue weighted by Crippen LogP contribution is 2.18. The van der Waals surface area contributed by atoms with Gasteiger partial charge in [0.15, 0.2) is 0 Å². The van der Waals surface area contributed by atoms with Crippen molar-refractivity contribution in [1.29, 1.82) is 0 Å². The summed E-state index contributed by atoms with van der Waals surface area (Å²) < 4.78 is 31.7. The molecule has 29 heavy (non-hydrogen) atoms. The van der Waals surface area contributed by atoms with Crippen molar-refractivity contribution < 1.29 is 17.6 Å². The molecule has 1 amide bonds. The lowest BCUT2D eigenvalue weighted by molar-refractivity contribution is 0.102. The van der Waals surface area contributed by atoms with Crippen molar-refractivity contribution in [3.63, 3.8) is 0 Å². The number of carbonyl (C=O) groups excluding carboxylic acids is 1. The number of anilines is 1. The van der Waals surface area contributed by atoms with E-state index in [1.54, 1.807) is 13.8 Å². The van der Waals surface area contributed by atoms with Gasteiger partial charge < -0.3 is 4.42 Å². The summed E-state index contributed by atoms with van der Waals surface area (Å²) in [5.74, 6) is -0.0919. The van der Waals surface area contributed by atoms with Gasteiger partial charge in [-0.25, -0.2) is 8.42 Å². The van der Waals surface area contributed by atoms with E-state index in [0.29, 0.717) is 12.3 Å². The van der Waals surface area contributed by atoms with Gasteiger partial charge in [-0.1, -0.05) is 35.4 Å². The molecule has 0 unspecified atom stereocenters. The van der Waals surface area contributed by atoms with Gasteiger partial charge in [0.25, 0.3) is 5.91 Å². The Balaban J connectivity index is 1.67. The molecule has 0 radical (unpaired) electrons. The van der Waals surface area contributed by atoms with Gasteiger partial charge in [-0.3, -0.25) is 10.1 Å². The molecule has 2 aromatic carbocycles. The minimum Gasteiger partial charge on any atom is -0.407 e. The van der Waals surface area contributed by atoms with Crippen LogP contribution in [0, 0.1) is 0 Å². The molecule has 0 spiro atoms. The third-order valence-corrected chi connectivity index (χ3v) is 6.45. The Morgan fingerprint density at radius 3 is 2.34 bits per heavy atom. The summed E-state index contributed by atoms with van der Waals surface area (Å²) in [6, 6.07) is 15.1. The van der Waals surface area contributed by atoms with Crippen LogP contribution in [0.5, 0.6) is 0 Å². The van der Waals surface area contributed by atoms with Crippen LogP contribution >= 0.6 is 0 Å². The van der Waals surface area contributed by atoms with Crippen LogP contribution in [0.25, 0.3) is 0 Å². The van der Waals surface area contributed by atoms with E-state index in [1.807, 2.05) is 30.3 Å². The number of carbonyl (C=O) groups is 1. The van der Waals surface area contributed by atoms with Crippen LogP contribution in [-0.2, 0) is 16.4 Å². The van der Waals surface area contributed by atoms with Crippen LogP contribution in [0.4, 0.5) is 6.01 Å². The molecule has 0 aliphatic carbocycles. The zero-order chi connectivity index (χ0) is 21.0. The Hall–Kier alpha value is -3.04. The first-order valence-corrected chi connectivity index (χ1v) is 10.5. The average Bonchev–Trinajstić information content (AvgIpc) is 3.14. The van der Waals surface area contributed by atoms with Gasteiger partial charge in [0.05, 0.1) is 11.3 Å². The van der Waals surface area contributed by atoms with Crippen molar-refractivity contribution in [3.8, 4) is 0 Å². The second kappa shape index (κ2) is 8.54. The third-order valence-electron chi connectivity index (χ3n) is 4.41. The van der Waals surface area contributed by atoms with Crippen molar-refractivity contribution in [2.24, 2.45) is 0 Å². The van der Waals surface area contributed by atoms with Crippen LogP contribution in [0.2, 0.25) is 0 Å². The summed E-state index contributed by atoms with van der Waals surface area (Å²) in [5.41, 5.74) is 1.29. The van der Waals surface area contributed by atoms with Crippen LogP contribution in [-0.4, -0.2) is 41.9 Å². The molecule has 0 saturated carbocycles. The zero-order valence-electron chi connectivity index (χ0n) is 16.4. The van der Waals surface area contributed by atoms with Crippen molar-refractivity contribution >= 4 is 21.9 Å². The highest BCUT2D eigenvalue weighted by molar-refractivity contribution is 7.89. The molecule has 1 aromatic heterocycles. The maximum Gasteiger partial charge on any atom is 0.322 e. The maximum absolute atomic E-state index is 12.5. The number of rotatable bonds is 7. The monoisotopic (exact) mass is 414 g/mol. The second-order valence-electron chi connectivity index (χ2n) is 6.76. The Morgan fingerprint density at radius 1 is 1.07 bits per heavy atom. The minimum absolute atomic E-state index is 0.0165. The van der Waals surface area contributed by atoms with E-state index in [2.05, 4.69) is 15.5 Å². The lowest BCUT2D eigenvalue weighted by Gasteiger charge is -2.20. The Kier molecular flexibility index (Phi) is 6.09. The molecule has 0 bridgehead atoms. The molecule has 3 aromatic rings. The van der Waals surface area contributed by atoms with Crippen molar-refractivity contribution in [1.82, 2.24) is 14.5 Å². The predicted molar refractivity (Wildman–Crippen MR) is 108 cm³/mol. The van der Waals surface area contributed by atoms with E-state index in [9.17, 15) is 13.2 Å². The van der Waals surface area contributed by atoms with E-state index < -0.39 is 15.9 Å².